The molecule has 1 heterocycles. The van der Waals surface area contributed by atoms with Crippen LogP contribution in [0.15, 0.2) is 12.1 Å². The number of phenols is 1. The molecule has 2 fully saturated rings. The summed E-state index contributed by atoms with van der Waals surface area (Å²) in [5.74, 6) is -1.83. The van der Waals surface area contributed by atoms with Crippen molar-refractivity contribution in [3.63, 3.8) is 0 Å². The predicted octanol–water partition coefficient (Wildman–Crippen LogP) is 4.08. The molecule has 7 heteroatoms. The molecule has 1 aliphatic carbocycles. The number of benzene rings is 1. The summed E-state index contributed by atoms with van der Waals surface area (Å²) < 4.78 is 54.8. The summed E-state index contributed by atoms with van der Waals surface area (Å²) in [7, 11) is 0. The maximum Gasteiger partial charge on any atom is 0.416 e. The number of nitrogens with one attached hydrogen (secondary N) is 1. The van der Waals surface area contributed by atoms with Crippen LogP contribution in [-0.2, 0) is 6.18 Å². The van der Waals surface area contributed by atoms with Crippen LogP contribution < -0.4 is 5.32 Å². The van der Waals surface area contributed by atoms with Gasteiger partial charge < -0.3 is 10.4 Å². The molecule has 1 aliphatic heterocycles. The first-order chi connectivity index (χ1) is 11.9. The van der Waals surface area contributed by atoms with Crippen molar-refractivity contribution in [3.8, 4) is 5.75 Å². The second kappa shape index (κ2) is 7.50. The van der Waals surface area contributed by atoms with Crippen molar-refractivity contribution in [3.05, 3.63) is 29.1 Å². The number of phenolic OH excluding ortho intramolecular Hbond substituents is 1. The first kappa shape index (κ1) is 18.5. The van der Waals surface area contributed by atoms with Crippen molar-refractivity contribution in [1.82, 2.24) is 10.2 Å². The molecule has 0 radical (unpaired) electrons. The molecule has 1 saturated carbocycles. The smallest absolute Gasteiger partial charge is 0.416 e. The number of aromatic hydroxyl groups is 1. The van der Waals surface area contributed by atoms with Gasteiger partial charge in [-0.15, -0.1) is 0 Å². The van der Waals surface area contributed by atoms with E-state index in [1.165, 1.54) is 0 Å². The van der Waals surface area contributed by atoms with Crippen LogP contribution in [0.2, 0.25) is 0 Å². The molecule has 3 rings (SSSR count). The van der Waals surface area contributed by atoms with E-state index in [0.29, 0.717) is 32.2 Å². The lowest BCUT2D eigenvalue weighted by Gasteiger charge is -2.42. The molecule has 1 atom stereocenters. The Morgan fingerprint density at radius 2 is 1.72 bits per heavy atom. The van der Waals surface area contributed by atoms with Crippen molar-refractivity contribution >= 4 is 0 Å². The molecule has 0 bridgehead atoms. The Hall–Kier alpha value is -1.34. The first-order valence-corrected chi connectivity index (χ1v) is 8.93. The van der Waals surface area contributed by atoms with Gasteiger partial charge in [0, 0.05) is 37.8 Å². The largest absolute Gasteiger partial charge is 0.505 e. The Kier molecular flexibility index (Phi) is 5.53. The average molecular weight is 360 g/mol. The van der Waals surface area contributed by atoms with E-state index in [1.807, 2.05) is 4.90 Å². The summed E-state index contributed by atoms with van der Waals surface area (Å²) in [6.45, 7) is 2.55. The Morgan fingerprint density at radius 1 is 1.08 bits per heavy atom. The fourth-order valence-corrected chi connectivity index (χ4v) is 4.25. The minimum Gasteiger partial charge on any atom is -0.505 e. The van der Waals surface area contributed by atoms with Crippen LogP contribution >= 0.6 is 0 Å². The summed E-state index contributed by atoms with van der Waals surface area (Å²) in [4.78, 5) is 1.98. The van der Waals surface area contributed by atoms with Crippen molar-refractivity contribution < 1.29 is 22.7 Å². The minimum atomic E-state index is -4.62. The second-order valence-electron chi connectivity index (χ2n) is 6.98. The van der Waals surface area contributed by atoms with Gasteiger partial charge in [-0.25, -0.2) is 4.39 Å². The zero-order valence-electron chi connectivity index (χ0n) is 14.1. The van der Waals surface area contributed by atoms with E-state index in [9.17, 15) is 22.7 Å². The summed E-state index contributed by atoms with van der Waals surface area (Å²) in [5.41, 5.74) is -1.19. The number of piperazine rings is 1. The molecular formula is C18H24F4N2O. The highest BCUT2D eigenvalue weighted by Gasteiger charge is 2.42. The summed E-state index contributed by atoms with van der Waals surface area (Å²) in [5, 5.41) is 13.5. The molecule has 2 N–H and O–H groups in total. The van der Waals surface area contributed by atoms with Crippen LogP contribution in [0.25, 0.3) is 0 Å². The third kappa shape index (κ3) is 3.92. The number of halogens is 4. The molecule has 1 aromatic carbocycles. The molecule has 1 saturated heterocycles. The van der Waals surface area contributed by atoms with E-state index < -0.39 is 29.3 Å². The summed E-state index contributed by atoms with van der Waals surface area (Å²) >= 11 is 0. The van der Waals surface area contributed by atoms with Crippen molar-refractivity contribution in [2.45, 2.75) is 44.3 Å². The van der Waals surface area contributed by atoms with Crippen molar-refractivity contribution in [2.75, 3.05) is 26.2 Å². The van der Waals surface area contributed by atoms with E-state index in [-0.39, 0.29) is 11.5 Å². The Labute approximate surface area is 145 Å². The third-order valence-electron chi connectivity index (χ3n) is 5.41. The van der Waals surface area contributed by atoms with Crippen LogP contribution in [0.4, 0.5) is 17.6 Å². The topological polar surface area (TPSA) is 35.5 Å². The van der Waals surface area contributed by atoms with Crippen LogP contribution in [0.5, 0.6) is 5.75 Å². The zero-order chi connectivity index (χ0) is 18.0. The van der Waals surface area contributed by atoms with Crippen LogP contribution in [0.1, 0.15) is 49.3 Å². The second-order valence-corrected chi connectivity index (χ2v) is 6.98. The van der Waals surface area contributed by atoms with Crippen molar-refractivity contribution in [1.29, 1.82) is 0 Å². The molecule has 3 nitrogen and oxygen atoms in total. The highest BCUT2D eigenvalue weighted by molar-refractivity contribution is 5.45. The van der Waals surface area contributed by atoms with E-state index in [0.717, 1.165) is 38.2 Å². The summed E-state index contributed by atoms with van der Waals surface area (Å²) in [6, 6.07) is 0.870. The molecule has 0 amide bonds. The van der Waals surface area contributed by atoms with E-state index >= 15 is 0 Å². The number of hydrogen-bond acceptors (Lipinski definition) is 3. The van der Waals surface area contributed by atoms with Crippen LogP contribution in [0.3, 0.4) is 0 Å². The number of hydrogen-bond donors (Lipinski definition) is 2. The van der Waals surface area contributed by atoms with Gasteiger partial charge in [0.05, 0.1) is 5.56 Å². The van der Waals surface area contributed by atoms with Crippen molar-refractivity contribution in [2.24, 2.45) is 5.92 Å². The van der Waals surface area contributed by atoms with Gasteiger partial charge >= 0.3 is 6.18 Å². The van der Waals surface area contributed by atoms with E-state index in [2.05, 4.69) is 5.32 Å². The monoisotopic (exact) mass is 360 g/mol. The molecule has 0 unspecified atom stereocenters. The van der Waals surface area contributed by atoms with Gasteiger partial charge in [-0.1, -0.05) is 19.3 Å². The molecular weight excluding hydrogens is 336 g/mol. The normalized spacial score (nSPS) is 22.1. The van der Waals surface area contributed by atoms with Gasteiger partial charge in [-0.3, -0.25) is 4.90 Å². The molecule has 0 aromatic heterocycles. The number of rotatable bonds is 3. The van der Waals surface area contributed by atoms with E-state index in [4.69, 9.17) is 0 Å². The average Bonchev–Trinajstić information content (AvgIpc) is 2.60. The molecule has 140 valence electrons. The molecule has 1 aromatic rings. The Morgan fingerprint density at radius 3 is 2.32 bits per heavy atom. The highest BCUT2D eigenvalue weighted by Crippen LogP contribution is 2.47. The zero-order valence-corrected chi connectivity index (χ0v) is 14.1. The standard InChI is InChI=1S/C18H24F4N2O/c19-14-7-6-13(18(20,21)22)15(17(14)25)16(12-4-2-1-3-5-12)24-10-8-23-9-11-24/h6-7,12,16,23,25H,1-5,8-11H2/t16-/m0/s1. The highest BCUT2D eigenvalue weighted by atomic mass is 19.4. The first-order valence-electron chi connectivity index (χ1n) is 8.93. The summed E-state index contributed by atoms with van der Waals surface area (Å²) in [6.07, 6.45) is -0.00738. The van der Waals surface area contributed by atoms with Crippen LogP contribution in [0, 0.1) is 11.7 Å². The molecule has 25 heavy (non-hydrogen) atoms. The van der Waals surface area contributed by atoms with Crippen LogP contribution in [-0.4, -0.2) is 36.2 Å². The van der Waals surface area contributed by atoms with Gasteiger partial charge in [-0.2, -0.15) is 13.2 Å². The Bertz CT molecular complexity index is 575. The fraction of sp³-hybridized carbons (Fsp3) is 0.667. The maximum atomic E-state index is 14.0. The lowest BCUT2D eigenvalue weighted by molar-refractivity contribution is -0.139. The lowest BCUT2D eigenvalue weighted by atomic mass is 9.78. The lowest BCUT2D eigenvalue weighted by Crippen LogP contribution is -2.47. The molecule has 2 aliphatic rings. The van der Waals surface area contributed by atoms with Gasteiger partial charge in [0.2, 0.25) is 0 Å². The Balaban J connectivity index is 2.09. The molecule has 0 spiro atoms. The predicted molar refractivity (Wildman–Crippen MR) is 86.8 cm³/mol. The van der Waals surface area contributed by atoms with Gasteiger partial charge in [0.15, 0.2) is 11.6 Å². The fourth-order valence-electron chi connectivity index (χ4n) is 4.25. The SMILES string of the molecule is Oc1c(F)ccc(C(F)(F)F)c1[C@H](C1CCCCC1)N1CCNCC1. The number of alkyl halides is 3. The van der Waals surface area contributed by atoms with Gasteiger partial charge in [0.25, 0.3) is 0 Å². The third-order valence-corrected chi connectivity index (χ3v) is 5.41. The number of nitrogens with zero attached hydrogens (tertiary/aromatic N) is 1. The van der Waals surface area contributed by atoms with Gasteiger partial charge in [-0.05, 0) is 30.9 Å². The minimum absolute atomic E-state index is 0.000602. The van der Waals surface area contributed by atoms with E-state index in [1.54, 1.807) is 0 Å². The van der Waals surface area contributed by atoms with Gasteiger partial charge in [0.1, 0.15) is 0 Å². The maximum absolute atomic E-state index is 14.0. The quantitative estimate of drug-likeness (QED) is 0.798.